The molecular formula is C19H17N3O4S. The van der Waals surface area contributed by atoms with Crippen LogP contribution in [0, 0.1) is 5.92 Å². The van der Waals surface area contributed by atoms with Gasteiger partial charge in [-0.15, -0.1) is 11.8 Å². The van der Waals surface area contributed by atoms with Gasteiger partial charge in [-0.1, -0.05) is 0 Å². The van der Waals surface area contributed by atoms with Gasteiger partial charge in [0, 0.05) is 29.2 Å². The summed E-state index contributed by atoms with van der Waals surface area (Å²) in [5.41, 5.74) is 2.27. The van der Waals surface area contributed by atoms with E-state index in [0.29, 0.717) is 23.3 Å². The summed E-state index contributed by atoms with van der Waals surface area (Å²) < 4.78 is 4.94. The average Bonchev–Trinajstić information content (AvgIpc) is 3.23. The van der Waals surface area contributed by atoms with Crippen LogP contribution in [0.5, 0.6) is 0 Å². The summed E-state index contributed by atoms with van der Waals surface area (Å²) in [7, 11) is 0. The largest absolute Gasteiger partial charge is 0.417 e. The maximum absolute atomic E-state index is 12.6. The fraction of sp³-hybridized carbons (Fsp3) is 0.211. The number of fused-ring (bicyclic) bond motifs is 1. The Hall–Kier alpha value is -3.00. The highest BCUT2D eigenvalue weighted by Crippen LogP contribution is 2.28. The zero-order chi connectivity index (χ0) is 19.0. The fourth-order valence-corrected chi connectivity index (χ4v) is 3.58. The van der Waals surface area contributed by atoms with Crippen LogP contribution >= 0.6 is 11.8 Å². The number of rotatable bonds is 4. The van der Waals surface area contributed by atoms with Crippen molar-refractivity contribution < 1.29 is 14.0 Å². The molecule has 1 aromatic heterocycles. The lowest BCUT2D eigenvalue weighted by Gasteiger charge is -2.17. The van der Waals surface area contributed by atoms with Crippen LogP contribution in [0.25, 0.3) is 11.1 Å². The Balaban J connectivity index is 1.47. The first-order valence-electron chi connectivity index (χ1n) is 8.41. The Morgan fingerprint density at radius 2 is 2.00 bits per heavy atom. The molecule has 1 unspecified atom stereocenters. The van der Waals surface area contributed by atoms with Crippen molar-refractivity contribution in [3.05, 3.63) is 53.0 Å². The number of hydrogen-bond donors (Lipinski definition) is 2. The highest BCUT2D eigenvalue weighted by atomic mass is 32.2. The zero-order valence-corrected chi connectivity index (χ0v) is 15.3. The number of amides is 2. The molecule has 0 aliphatic carbocycles. The lowest BCUT2D eigenvalue weighted by atomic mass is 10.1. The van der Waals surface area contributed by atoms with Gasteiger partial charge in [-0.2, -0.15) is 0 Å². The van der Waals surface area contributed by atoms with E-state index in [4.69, 9.17) is 4.42 Å². The van der Waals surface area contributed by atoms with E-state index < -0.39 is 11.7 Å². The first-order chi connectivity index (χ1) is 13.0. The predicted octanol–water partition coefficient (Wildman–Crippen LogP) is 2.83. The Morgan fingerprint density at radius 3 is 2.74 bits per heavy atom. The molecule has 2 amide bonds. The number of carbonyl (C=O) groups excluding carboxylic acids is 2. The minimum Gasteiger partial charge on any atom is -0.408 e. The standard InChI is InChI=1S/C19H17N3O4S/c1-27-14-5-3-13(4-6-14)22-10-11(8-17(22)23)18(24)20-12-2-7-16-15(9-12)21-19(25)26-16/h2-7,9,11H,8,10H2,1H3,(H,20,24)(H,21,25). The van der Waals surface area contributed by atoms with Gasteiger partial charge in [-0.25, -0.2) is 4.79 Å². The smallest absolute Gasteiger partial charge is 0.408 e. The Labute approximate surface area is 158 Å². The van der Waals surface area contributed by atoms with Gasteiger partial charge in [-0.05, 0) is 48.7 Å². The van der Waals surface area contributed by atoms with Crippen molar-refractivity contribution >= 4 is 46.1 Å². The molecule has 3 aromatic rings. The number of hydrogen-bond acceptors (Lipinski definition) is 5. The van der Waals surface area contributed by atoms with E-state index in [9.17, 15) is 14.4 Å². The Kier molecular flexibility index (Phi) is 4.49. The number of oxazole rings is 1. The van der Waals surface area contributed by atoms with Crippen molar-refractivity contribution in [2.45, 2.75) is 11.3 Å². The normalized spacial score (nSPS) is 16.9. The van der Waals surface area contributed by atoms with Gasteiger partial charge < -0.3 is 14.6 Å². The van der Waals surface area contributed by atoms with Crippen LogP contribution in [-0.2, 0) is 9.59 Å². The Bertz CT molecular complexity index is 1070. The SMILES string of the molecule is CSc1ccc(N2CC(C(=O)Nc3ccc4oc(=O)[nH]c4c3)CC2=O)cc1. The Morgan fingerprint density at radius 1 is 1.22 bits per heavy atom. The van der Waals surface area contributed by atoms with Crippen LogP contribution < -0.4 is 16.0 Å². The summed E-state index contributed by atoms with van der Waals surface area (Å²) in [4.78, 5) is 41.5. The van der Waals surface area contributed by atoms with Crippen molar-refractivity contribution in [1.29, 1.82) is 0 Å². The third-order valence-electron chi connectivity index (χ3n) is 4.57. The summed E-state index contributed by atoms with van der Waals surface area (Å²) in [5.74, 6) is -1.27. The van der Waals surface area contributed by atoms with E-state index in [1.165, 1.54) is 0 Å². The second kappa shape index (κ2) is 6.96. The van der Waals surface area contributed by atoms with Crippen molar-refractivity contribution in [3.8, 4) is 0 Å². The summed E-state index contributed by atoms with van der Waals surface area (Å²) in [5, 5.41) is 2.81. The van der Waals surface area contributed by atoms with Crippen LogP contribution in [-0.4, -0.2) is 29.6 Å². The van der Waals surface area contributed by atoms with Gasteiger partial charge in [0.2, 0.25) is 11.8 Å². The van der Waals surface area contributed by atoms with E-state index in [0.717, 1.165) is 10.6 Å². The summed E-state index contributed by atoms with van der Waals surface area (Å²) >= 11 is 1.63. The molecule has 138 valence electrons. The van der Waals surface area contributed by atoms with E-state index >= 15 is 0 Å². The van der Waals surface area contributed by atoms with Crippen LogP contribution in [0.1, 0.15) is 6.42 Å². The topological polar surface area (TPSA) is 95.4 Å². The summed E-state index contributed by atoms with van der Waals surface area (Å²) in [6.07, 6.45) is 2.16. The minimum absolute atomic E-state index is 0.0679. The second-order valence-electron chi connectivity index (χ2n) is 6.32. The number of anilines is 2. The number of thioether (sulfide) groups is 1. The maximum Gasteiger partial charge on any atom is 0.417 e. The van der Waals surface area contributed by atoms with E-state index in [-0.39, 0.29) is 18.2 Å². The first kappa shape index (κ1) is 17.4. The van der Waals surface area contributed by atoms with Crippen LogP contribution in [0.2, 0.25) is 0 Å². The van der Waals surface area contributed by atoms with E-state index in [2.05, 4.69) is 10.3 Å². The summed E-state index contributed by atoms with van der Waals surface area (Å²) in [6.45, 7) is 0.341. The predicted molar refractivity (Wildman–Crippen MR) is 104 cm³/mol. The van der Waals surface area contributed by atoms with Crippen LogP contribution in [0.3, 0.4) is 0 Å². The molecule has 0 saturated carbocycles. The average molecular weight is 383 g/mol. The maximum atomic E-state index is 12.6. The third kappa shape index (κ3) is 3.48. The molecule has 4 rings (SSSR count). The molecule has 1 aliphatic heterocycles. The molecule has 2 N–H and O–H groups in total. The fourth-order valence-electron chi connectivity index (χ4n) is 3.17. The van der Waals surface area contributed by atoms with Gasteiger partial charge in [0.05, 0.1) is 11.4 Å². The number of nitrogens with zero attached hydrogens (tertiary/aromatic N) is 1. The highest BCUT2D eigenvalue weighted by molar-refractivity contribution is 7.98. The number of nitrogens with one attached hydrogen (secondary N) is 2. The van der Waals surface area contributed by atoms with Crippen molar-refractivity contribution in [3.63, 3.8) is 0 Å². The number of aromatic nitrogens is 1. The molecule has 1 saturated heterocycles. The highest BCUT2D eigenvalue weighted by Gasteiger charge is 2.35. The number of benzene rings is 2. The third-order valence-corrected chi connectivity index (χ3v) is 5.31. The molecule has 2 heterocycles. The molecule has 2 aromatic carbocycles. The van der Waals surface area contributed by atoms with E-state index in [1.54, 1.807) is 34.9 Å². The number of aromatic amines is 1. The van der Waals surface area contributed by atoms with Gasteiger partial charge in [0.15, 0.2) is 5.58 Å². The lowest BCUT2D eigenvalue weighted by molar-refractivity contribution is -0.122. The molecule has 1 fully saturated rings. The molecule has 0 radical (unpaired) electrons. The van der Waals surface area contributed by atoms with Gasteiger partial charge in [0.25, 0.3) is 0 Å². The van der Waals surface area contributed by atoms with Crippen LogP contribution in [0.15, 0.2) is 56.6 Å². The van der Waals surface area contributed by atoms with Gasteiger partial charge >= 0.3 is 5.76 Å². The number of carbonyl (C=O) groups is 2. The second-order valence-corrected chi connectivity index (χ2v) is 7.20. The molecule has 1 aliphatic rings. The molecule has 0 bridgehead atoms. The molecule has 0 spiro atoms. The van der Waals surface area contributed by atoms with Crippen molar-refractivity contribution in [1.82, 2.24) is 4.98 Å². The van der Waals surface area contributed by atoms with Crippen molar-refractivity contribution in [2.75, 3.05) is 23.0 Å². The molecular weight excluding hydrogens is 366 g/mol. The monoisotopic (exact) mass is 383 g/mol. The molecule has 8 heteroatoms. The first-order valence-corrected chi connectivity index (χ1v) is 9.64. The molecule has 7 nitrogen and oxygen atoms in total. The molecule has 27 heavy (non-hydrogen) atoms. The van der Waals surface area contributed by atoms with Crippen molar-refractivity contribution in [2.24, 2.45) is 5.92 Å². The lowest BCUT2D eigenvalue weighted by Crippen LogP contribution is -2.28. The minimum atomic E-state index is -0.544. The van der Waals surface area contributed by atoms with E-state index in [1.807, 2.05) is 30.5 Å². The van der Waals surface area contributed by atoms with Gasteiger partial charge in [0.1, 0.15) is 0 Å². The quantitative estimate of drug-likeness (QED) is 0.676. The summed E-state index contributed by atoms with van der Waals surface area (Å²) in [6, 6.07) is 12.6. The van der Waals surface area contributed by atoms with Crippen LogP contribution in [0.4, 0.5) is 11.4 Å². The van der Waals surface area contributed by atoms with Gasteiger partial charge in [-0.3, -0.25) is 14.6 Å². The zero-order valence-electron chi connectivity index (χ0n) is 14.5. The number of H-pyrrole nitrogens is 1. The molecule has 1 atom stereocenters.